The number of hydrogen-bond acceptors (Lipinski definition) is 6. The predicted molar refractivity (Wildman–Crippen MR) is 98.3 cm³/mol. The van der Waals surface area contributed by atoms with Gasteiger partial charge in [-0.3, -0.25) is 14.7 Å². The number of urea groups is 1. The summed E-state index contributed by atoms with van der Waals surface area (Å²) in [7, 11) is 3.29. The number of fused-ring (bicyclic) bond motifs is 3. The van der Waals surface area contributed by atoms with Crippen LogP contribution in [0.2, 0.25) is 0 Å². The molecule has 0 radical (unpaired) electrons. The van der Waals surface area contributed by atoms with Crippen molar-refractivity contribution in [1.82, 2.24) is 25.0 Å². The summed E-state index contributed by atoms with van der Waals surface area (Å²) in [5.74, 6) is 1.96. The Bertz CT molecular complexity index is 891. The molecule has 2 aliphatic heterocycles. The fraction of sp³-hybridized carbons (Fsp3) is 0.444. The number of likely N-dealkylation sites (N-methyl/N-ethyl adjacent to an activating group) is 1. The van der Waals surface area contributed by atoms with Crippen molar-refractivity contribution in [2.45, 2.75) is 26.1 Å². The molecule has 1 saturated heterocycles. The summed E-state index contributed by atoms with van der Waals surface area (Å²) in [6.07, 6.45) is -0.493. The lowest BCUT2D eigenvalue weighted by molar-refractivity contribution is -0.124. The molecule has 2 aromatic rings. The van der Waals surface area contributed by atoms with E-state index in [1.807, 2.05) is 33.7 Å². The van der Waals surface area contributed by atoms with E-state index < -0.39 is 18.2 Å². The molecule has 0 spiro atoms. The number of anilines is 1. The Hall–Kier alpha value is -3.10. The second-order valence-electron chi connectivity index (χ2n) is 7.23. The maximum Gasteiger partial charge on any atom is 0.325 e. The zero-order valence-electron chi connectivity index (χ0n) is 15.7. The van der Waals surface area contributed by atoms with Crippen molar-refractivity contribution in [1.29, 1.82) is 0 Å². The van der Waals surface area contributed by atoms with Gasteiger partial charge in [-0.05, 0) is 30.2 Å². The third-order valence-electron chi connectivity index (χ3n) is 4.94. The molecule has 2 atom stereocenters. The molecule has 27 heavy (non-hydrogen) atoms. The Morgan fingerprint density at radius 3 is 2.52 bits per heavy atom. The van der Waals surface area contributed by atoms with Crippen molar-refractivity contribution in [2.24, 2.45) is 5.92 Å². The fourth-order valence-electron chi connectivity index (χ4n) is 3.72. The zero-order valence-corrected chi connectivity index (χ0v) is 15.7. The number of methoxy groups -OCH3 is 1. The molecule has 3 amide bonds. The predicted octanol–water partition coefficient (Wildman–Crippen LogP) is 1.48. The molecule has 1 fully saturated rings. The molecule has 0 saturated carbocycles. The summed E-state index contributed by atoms with van der Waals surface area (Å²) >= 11 is 0. The van der Waals surface area contributed by atoms with E-state index in [2.05, 4.69) is 29.4 Å². The van der Waals surface area contributed by atoms with Gasteiger partial charge in [0.1, 0.15) is 11.9 Å². The van der Waals surface area contributed by atoms with E-state index in [0.29, 0.717) is 24.2 Å². The number of nitrogens with zero attached hydrogens (tertiary/aromatic N) is 5. The Morgan fingerprint density at radius 2 is 1.89 bits per heavy atom. The normalized spacial score (nSPS) is 21.4. The maximum absolute atomic E-state index is 12.6. The van der Waals surface area contributed by atoms with Crippen molar-refractivity contribution < 1.29 is 14.3 Å². The number of carbonyl (C=O) groups is 2. The number of benzene rings is 1. The van der Waals surface area contributed by atoms with Gasteiger partial charge >= 0.3 is 6.03 Å². The van der Waals surface area contributed by atoms with Crippen LogP contribution in [0.15, 0.2) is 24.3 Å². The Balaban J connectivity index is 1.84. The molecular formula is C18H22N6O3. The minimum absolute atomic E-state index is 0.310. The summed E-state index contributed by atoms with van der Waals surface area (Å²) in [5.41, 5.74) is 0.839. The third-order valence-corrected chi connectivity index (χ3v) is 4.94. The number of amides is 3. The number of imide groups is 1. The van der Waals surface area contributed by atoms with Crippen LogP contribution in [0, 0.1) is 5.92 Å². The number of aromatic nitrogens is 3. The molecule has 4 rings (SSSR count). The highest BCUT2D eigenvalue weighted by Gasteiger charge is 2.52. The summed E-state index contributed by atoms with van der Waals surface area (Å²) in [6, 6.07) is 6.52. The lowest BCUT2D eigenvalue weighted by Gasteiger charge is -2.37. The smallest absolute Gasteiger partial charge is 0.325 e. The molecule has 1 aromatic carbocycles. The lowest BCUT2D eigenvalue weighted by atomic mass is 10.1. The summed E-state index contributed by atoms with van der Waals surface area (Å²) in [5, 5.41) is 11.1. The lowest BCUT2D eigenvalue weighted by Crippen LogP contribution is -2.61. The van der Waals surface area contributed by atoms with Gasteiger partial charge in [0.2, 0.25) is 5.95 Å². The van der Waals surface area contributed by atoms with E-state index >= 15 is 0 Å². The van der Waals surface area contributed by atoms with E-state index in [0.717, 1.165) is 11.3 Å². The molecule has 1 aromatic heterocycles. The number of rotatable bonds is 4. The van der Waals surface area contributed by atoms with E-state index in [4.69, 9.17) is 4.74 Å². The van der Waals surface area contributed by atoms with Gasteiger partial charge < -0.3 is 14.5 Å². The van der Waals surface area contributed by atoms with Crippen molar-refractivity contribution >= 4 is 17.9 Å². The average Bonchev–Trinajstić information content (AvgIpc) is 3.19. The van der Waals surface area contributed by atoms with Crippen LogP contribution >= 0.6 is 0 Å². The highest BCUT2D eigenvalue weighted by atomic mass is 16.5. The molecule has 1 N–H and O–H groups in total. The minimum Gasteiger partial charge on any atom is -0.497 e. The van der Waals surface area contributed by atoms with Crippen molar-refractivity contribution in [3.05, 3.63) is 24.3 Å². The Labute approximate surface area is 156 Å². The van der Waals surface area contributed by atoms with Crippen LogP contribution in [-0.4, -0.2) is 58.3 Å². The van der Waals surface area contributed by atoms with Gasteiger partial charge in [-0.2, -0.15) is 0 Å². The standard InChI is InChI=1S/C18H22N6O3/c1-10(2)9-23-13-15(25)19-18(26)22(3)16(13)24-14(20-21-17(23)24)11-5-7-12(27-4)8-6-11/h5-8,10,13,16H,9H2,1-4H3,(H,19,25,26). The second-order valence-corrected chi connectivity index (χ2v) is 7.23. The zero-order chi connectivity index (χ0) is 19.3. The van der Waals surface area contributed by atoms with Crippen LogP contribution in [-0.2, 0) is 4.79 Å². The van der Waals surface area contributed by atoms with E-state index in [9.17, 15) is 9.59 Å². The van der Waals surface area contributed by atoms with Gasteiger partial charge in [0.05, 0.1) is 7.11 Å². The summed E-state index contributed by atoms with van der Waals surface area (Å²) in [6.45, 7) is 4.79. The third kappa shape index (κ3) is 2.61. The molecule has 9 heteroatoms. The molecule has 2 aliphatic rings. The molecule has 0 bridgehead atoms. The first-order valence-electron chi connectivity index (χ1n) is 8.86. The van der Waals surface area contributed by atoms with Gasteiger partial charge in [0, 0.05) is 19.2 Å². The quantitative estimate of drug-likeness (QED) is 0.876. The molecule has 2 unspecified atom stereocenters. The number of ether oxygens (including phenoxy) is 1. The van der Waals surface area contributed by atoms with Crippen LogP contribution in [0.3, 0.4) is 0 Å². The number of carbonyl (C=O) groups excluding carboxylic acids is 2. The maximum atomic E-state index is 12.6. The molecule has 3 heterocycles. The van der Waals surface area contributed by atoms with Crippen LogP contribution in [0.5, 0.6) is 5.75 Å². The molecular weight excluding hydrogens is 348 g/mol. The number of hydrogen-bond donors (Lipinski definition) is 1. The van der Waals surface area contributed by atoms with Crippen LogP contribution in [0.1, 0.15) is 20.0 Å². The van der Waals surface area contributed by atoms with Crippen LogP contribution in [0.4, 0.5) is 10.7 Å². The summed E-state index contributed by atoms with van der Waals surface area (Å²) < 4.78 is 7.09. The van der Waals surface area contributed by atoms with Gasteiger partial charge in [0.15, 0.2) is 11.9 Å². The highest BCUT2D eigenvalue weighted by Crippen LogP contribution is 2.41. The Kier molecular flexibility index (Phi) is 4.01. The Morgan fingerprint density at radius 1 is 1.19 bits per heavy atom. The van der Waals surface area contributed by atoms with Crippen LogP contribution < -0.4 is 15.0 Å². The van der Waals surface area contributed by atoms with Gasteiger partial charge in [-0.15, -0.1) is 10.2 Å². The van der Waals surface area contributed by atoms with E-state index in [1.165, 1.54) is 4.90 Å². The first kappa shape index (κ1) is 17.3. The molecule has 9 nitrogen and oxygen atoms in total. The topological polar surface area (TPSA) is 92.6 Å². The fourth-order valence-corrected chi connectivity index (χ4v) is 3.72. The first-order valence-corrected chi connectivity index (χ1v) is 8.86. The largest absolute Gasteiger partial charge is 0.497 e. The van der Waals surface area contributed by atoms with Gasteiger partial charge in [0.25, 0.3) is 5.91 Å². The monoisotopic (exact) mass is 370 g/mol. The number of nitrogens with one attached hydrogen (secondary N) is 1. The van der Waals surface area contributed by atoms with Crippen molar-refractivity contribution in [3.8, 4) is 17.1 Å². The second kappa shape index (κ2) is 6.26. The van der Waals surface area contributed by atoms with Crippen molar-refractivity contribution in [2.75, 3.05) is 25.6 Å². The summed E-state index contributed by atoms with van der Waals surface area (Å²) in [4.78, 5) is 28.4. The van der Waals surface area contributed by atoms with Crippen LogP contribution in [0.25, 0.3) is 11.4 Å². The van der Waals surface area contributed by atoms with E-state index in [-0.39, 0.29) is 5.91 Å². The average molecular weight is 370 g/mol. The van der Waals surface area contributed by atoms with Gasteiger partial charge in [-0.1, -0.05) is 13.8 Å². The highest BCUT2D eigenvalue weighted by molar-refractivity contribution is 6.02. The van der Waals surface area contributed by atoms with Crippen molar-refractivity contribution in [3.63, 3.8) is 0 Å². The SMILES string of the molecule is COc1ccc(-c2nnc3n2C2C(C(=O)NC(=O)N2C)N3CC(C)C)cc1. The molecule has 0 aliphatic carbocycles. The molecule has 142 valence electrons. The minimum atomic E-state index is -0.530. The van der Waals surface area contributed by atoms with E-state index in [1.54, 1.807) is 14.2 Å². The first-order chi connectivity index (χ1) is 12.9. The van der Waals surface area contributed by atoms with Gasteiger partial charge in [-0.25, -0.2) is 4.79 Å².